The van der Waals surface area contributed by atoms with Gasteiger partial charge < -0.3 is 4.42 Å². The minimum atomic E-state index is 0.0814. The number of Topliss-reactive ketones (excluding diaryl/α,β-unsaturated/α-hetero) is 1. The van der Waals surface area contributed by atoms with Gasteiger partial charge in [-0.1, -0.05) is 30.7 Å². The maximum Gasteiger partial charge on any atom is 0.170 e. The van der Waals surface area contributed by atoms with Gasteiger partial charge in [-0.25, -0.2) is 0 Å². The largest absolute Gasteiger partial charge is 0.469 e. The van der Waals surface area contributed by atoms with E-state index in [0.717, 1.165) is 17.7 Å². The van der Waals surface area contributed by atoms with Gasteiger partial charge in [-0.05, 0) is 23.8 Å². The van der Waals surface area contributed by atoms with Crippen LogP contribution in [0.1, 0.15) is 28.6 Å². The fraction of sp³-hybridized carbons (Fsp3) is 0.214. The van der Waals surface area contributed by atoms with Crippen LogP contribution in [0, 0.1) is 0 Å². The summed E-state index contributed by atoms with van der Waals surface area (Å²) in [5, 5.41) is 0.679. The summed E-state index contributed by atoms with van der Waals surface area (Å²) in [6.45, 7) is 1.97. The number of hydrogen-bond donors (Lipinski definition) is 0. The van der Waals surface area contributed by atoms with Gasteiger partial charge in [-0.15, -0.1) is 0 Å². The third-order valence-corrected chi connectivity index (χ3v) is 2.90. The summed E-state index contributed by atoms with van der Waals surface area (Å²) >= 11 is 5.80. The lowest BCUT2D eigenvalue weighted by Gasteiger charge is -2.01. The summed E-state index contributed by atoms with van der Waals surface area (Å²) in [6.07, 6.45) is 2.67. The summed E-state index contributed by atoms with van der Waals surface area (Å²) in [5.41, 5.74) is 1.64. The molecule has 0 radical (unpaired) electrons. The van der Waals surface area contributed by atoms with Gasteiger partial charge in [0, 0.05) is 17.9 Å². The molecule has 0 bridgehead atoms. The number of hydrogen-bond acceptors (Lipinski definition) is 2. The Kier molecular flexibility index (Phi) is 3.64. The Labute approximate surface area is 105 Å². The van der Waals surface area contributed by atoms with Crippen molar-refractivity contribution in [2.24, 2.45) is 0 Å². The molecule has 1 aromatic heterocycles. The highest BCUT2D eigenvalue weighted by Crippen LogP contribution is 2.16. The molecule has 0 N–H and O–H groups in total. The first-order valence-electron chi connectivity index (χ1n) is 5.54. The molecular weight excluding hydrogens is 236 g/mol. The van der Waals surface area contributed by atoms with Crippen LogP contribution < -0.4 is 0 Å². The van der Waals surface area contributed by atoms with E-state index in [-0.39, 0.29) is 5.78 Å². The molecule has 0 aliphatic heterocycles. The Morgan fingerprint density at radius 2 is 1.94 bits per heavy atom. The molecule has 2 nitrogen and oxygen atoms in total. The zero-order chi connectivity index (χ0) is 12.3. The summed E-state index contributed by atoms with van der Waals surface area (Å²) in [7, 11) is 0. The van der Waals surface area contributed by atoms with Crippen molar-refractivity contribution in [1.29, 1.82) is 0 Å². The van der Waals surface area contributed by atoms with Gasteiger partial charge >= 0.3 is 0 Å². The van der Waals surface area contributed by atoms with Crippen LogP contribution in [-0.2, 0) is 12.8 Å². The maximum atomic E-state index is 12.0. The molecule has 0 spiro atoms. The fourth-order valence-corrected chi connectivity index (χ4v) is 1.87. The highest BCUT2D eigenvalue weighted by Gasteiger charge is 2.13. The molecular formula is C14H13ClO2. The topological polar surface area (TPSA) is 30.2 Å². The lowest BCUT2D eigenvalue weighted by molar-refractivity contribution is 0.0991. The van der Waals surface area contributed by atoms with Gasteiger partial charge in [0.15, 0.2) is 5.78 Å². The van der Waals surface area contributed by atoms with Crippen molar-refractivity contribution in [2.75, 3.05) is 0 Å². The first kappa shape index (κ1) is 11.9. The van der Waals surface area contributed by atoms with E-state index in [9.17, 15) is 4.79 Å². The number of carbonyl (C=O) groups excluding carboxylic acids is 1. The van der Waals surface area contributed by atoms with Gasteiger partial charge in [-0.3, -0.25) is 4.79 Å². The average molecular weight is 249 g/mol. The van der Waals surface area contributed by atoms with Gasteiger partial charge in [0.25, 0.3) is 0 Å². The van der Waals surface area contributed by atoms with Crippen molar-refractivity contribution in [1.82, 2.24) is 0 Å². The smallest absolute Gasteiger partial charge is 0.170 e. The Morgan fingerprint density at radius 1 is 1.24 bits per heavy atom. The van der Waals surface area contributed by atoms with E-state index in [0.29, 0.717) is 17.0 Å². The van der Waals surface area contributed by atoms with Gasteiger partial charge in [0.2, 0.25) is 0 Å². The summed E-state index contributed by atoms with van der Waals surface area (Å²) < 4.78 is 5.25. The molecule has 88 valence electrons. The predicted molar refractivity (Wildman–Crippen MR) is 67.6 cm³/mol. The van der Waals surface area contributed by atoms with Crippen molar-refractivity contribution in [3.05, 3.63) is 58.5 Å². The lowest BCUT2D eigenvalue weighted by atomic mass is 10.0. The fourth-order valence-electron chi connectivity index (χ4n) is 1.75. The second-order valence-electron chi connectivity index (χ2n) is 3.84. The number of rotatable bonds is 4. The highest BCUT2D eigenvalue weighted by molar-refractivity contribution is 6.30. The molecule has 0 aliphatic carbocycles. The number of halogens is 1. The second kappa shape index (κ2) is 5.19. The number of benzene rings is 1. The van der Waals surface area contributed by atoms with Crippen molar-refractivity contribution in [3.63, 3.8) is 0 Å². The van der Waals surface area contributed by atoms with E-state index in [2.05, 4.69) is 0 Å². The zero-order valence-electron chi connectivity index (χ0n) is 9.57. The van der Waals surface area contributed by atoms with E-state index in [1.165, 1.54) is 0 Å². The normalized spacial score (nSPS) is 10.5. The molecule has 17 heavy (non-hydrogen) atoms. The van der Waals surface area contributed by atoms with Crippen LogP contribution in [0.3, 0.4) is 0 Å². The Balaban J connectivity index is 2.14. The molecule has 1 aromatic carbocycles. The molecule has 0 saturated carbocycles. The number of carbonyl (C=O) groups is 1. The van der Waals surface area contributed by atoms with Crippen molar-refractivity contribution < 1.29 is 9.21 Å². The molecule has 2 rings (SSSR count). The van der Waals surface area contributed by atoms with Gasteiger partial charge in [0.1, 0.15) is 5.76 Å². The Hall–Kier alpha value is -1.54. The van der Waals surface area contributed by atoms with Crippen molar-refractivity contribution in [3.8, 4) is 0 Å². The Bertz CT molecular complexity index is 511. The van der Waals surface area contributed by atoms with E-state index < -0.39 is 0 Å². The first-order valence-corrected chi connectivity index (χ1v) is 5.92. The molecule has 0 saturated heterocycles. The van der Waals surface area contributed by atoms with Crippen LogP contribution in [0.4, 0.5) is 0 Å². The SMILES string of the molecule is CCc1occc1C(=O)Cc1ccc(Cl)cc1. The quantitative estimate of drug-likeness (QED) is 0.768. The van der Waals surface area contributed by atoms with E-state index >= 15 is 0 Å². The lowest BCUT2D eigenvalue weighted by Crippen LogP contribution is -2.04. The van der Waals surface area contributed by atoms with E-state index in [4.69, 9.17) is 16.0 Å². The van der Waals surface area contributed by atoms with Crippen LogP contribution in [0.2, 0.25) is 5.02 Å². The van der Waals surface area contributed by atoms with Crippen LogP contribution in [0.5, 0.6) is 0 Å². The van der Waals surface area contributed by atoms with Crippen LogP contribution in [0.25, 0.3) is 0 Å². The molecule has 0 aliphatic rings. The average Bonchev–Trinajstić information content (AvgIpc) is 2.80. The maximum absolute atomic E-state index is 12.0. The Morgan fingerprint density at radius 3 is 2.59 bits per heavy atom. The van der Waals surface area contributed by atoms with E-state index in [1.807, 2.05) is 19.1 Å². The molecule has 0 unspecified atom stereocenters. The van der Waals surface area contributed by atoms with Crippen LogP contribution >= 0.6 is 11.6 Å². The molecule has 0 amide bonds. The number of aryl methyl sites for hydroxylation is 1. The van der Waals surface area contributed by atoms with Crippen LogP contribution in [-0.4, -0.2) is 5.78 Å². The second-order valence-corrected chi connectivity index (χ2v) is 4.27. The molecule has 3 heteroatoms. The number of ketones is 1. The van der Waals surface area contributed by atoms with Crippen molar-refractivity contribution in [2.45, 2.75) is 19.8 Å². The first-order chi connectivity index (χ1) is 8.20. The van der Waals surface area contributed by atoms with Crippen molar-refractivity contribution >= 4 is 17.4 Å². The monoisotopic (exact) mass is 248 g/mol. The standard InChI is InChI=1S/C14H13ClO2/c1-2-14-12(7-8-17-14)13(16)9-10-3-5-11(15)6-4-10/h3-8H,2,9H2,1H3. The minimum Gasteiger partial charge on any atom is -0.469 e. The summed E-state index contributed by atoms with van der Waals surface area (Å²) in [5.74, 6) is 0.835. The minimum absolute atomic E-state index is 0.0814. The van der Waals surface area contributed by atoms with E-state index in [1.54, 1.807) is 24.5 Å². The zero-order valence-corrected chi connectivity index (χ0v) is 10.3. The third-order valence-electron chi connectivity index (χ3n) is 2.64. The molecule has 0 atom stereocenters. The van der Waals surface area contributed by atoms with Gasteiger partial charge in [0.05, 0.1) is 11.8 Å². The summed E-state index contributed by atoms with van der Waals surface area (Å²) in [6, 6.07) is 9.05. The molecule has 0 fully saturated rings. The van der Waals surface area contributed by atoms with Crippen LogP contribution in [0.15, 0.2) is 41.0 Å². The summed E-state index contributed by atoms with van der Waals surface area (Å²) in [4.78, 5) is 12.0. The predicted octanol–water partition coefficient (Wildman–Crippen LogP) is 3.92. The third kappa shape index (κ3) is 2.77. The molecule has 1 heterocycles. The number of furan rings is 1. The van der Waals surface area contributed by atoms with Gasteiger partial charge in [-0.2, -0.15) is 0 Å². The molecule has 2 aromatic rings. The highest BCUT2D eigenvalue weighted by atomic mass is 35.5.